The van der Waals surface area contributed by atoms with Crippen molar-refractivity contribution in [1.29, 1.82) is 0 Å². The number of para-hydroxylation sites is 1. The summed E-state index contributed by atoms with van der Waals surface area (Å²) in [5.74, 6) is 0.279. The first kappa shape index (κ1) is 23.5. The van der Waals surface area contributed by atoms with Gasteiger partial charge in [0.2, 0.25) is 0 Å². The average Bonchev–Trinajstić information content (AvgIpc) is 3.43. The highest BCUT2D eigenvalue weighted by atomic mass is 32.1. The maximum absolute atomic E-state index is 13.9. The Labute approximate surface area is 203 Å². The number of H-pyrrole nitrogens is 2. The summed E-state index contributed by atoms with van der Waals surface area (Å²) in [5, 5.41) is 4.70. The number of thiophene rings is 1. The number of nitrogens with zero attached hydrogens (tertiary/aromatic N) is 2. The Kier molecular flexibility index (Phi) is 6.53. The third-order valence-corrected chi connectivity index (χ3v) is 7.76. The average molecular weight is 485 g/mol. The van der Waals surface area contributed by atoms with Crippen LogP contribution in [-0.4, -0.2) is 57.8 Å². The molecule has 2 N–H and O–H groups in total. The number of benzene rings is 1. The zero-order chi connectivity index (χ0) is 23.9. The zero-order valence-electron chi connectivity index (χ0n) is 20.2. The quantitative estimate of drug-likeness (QED) is 0.349. The highest BCUT2D eigenvalue weighted by Crippen LogP contribution is 2.31. The summed E-state index contributed by atoms with van der Waals surface area (Å²) >= 11 is 1.73. The van der Waals surface area contributed by atoms with Gasteiger partial charge in [0.05, 0.1) is 11.5 Å². The Morgan fingerprint density at radius 3 is 2.68 bits per heavy atom. The minimum absolute atomic E-state index is 0.170. The molecule has 5 heterocycles. The highest BCUT2D eigenvalue weighted by molar-refractivity contribution is 7.16. The molecule has 0 saturated carbocycles. The largest absolute Gasteiger partial charge is 0.357 e. The molecule has 2 aliphatic rings. The van der Waals surface area contributed by atoms with Crippen LogP contribution in [-0.2, 0) is 19.5 Å². The van der Waals surface area contributed by atoms with Gasteiger partial charge in [0.25, 0.3) is 0 Å². The monoisotopic (exact) mass is 484 g/mol. The molecule has 1 saturated heterocycles. The van der Waals surface area contributed by atoms with Gasteiger partial charge in [0.15, 0.2) is 0 Å². The number of hydrogen-bond acceptors (Lipinski definition) is 3. The molecule has 0 aliphatic carbocycles. The van der Waals surface area contributed by atoms with Crippen molar-refractivity contribution in [3.8, 4) is 0 Å². The first-order valence-corrected chi connectivity index (χ1v) is 13.0. The van der Waals surface area contributed by atoms with Gasteiger partial charge < -0.3 is 9.97 Å². The molecule has 1 atom stereocenters. The van der Waals surface area contributed by atoms with Crippen molar-refractivity contribution in [2.75, 3.05) is 26.3 Å². The molecule has 4 aromatic rings. The number of aromatic nitrogens is 2. The number of alkyl halides is 2. The molecule has 7 heteroatoms. The molecular weight excluding hydrogens is 450 g/mol. The fourth-order valence-corrected chi connectivity index (χ4v) is 6.04. The molecule has 0 spiro atoms. The minimum Gasteiger partial charge on any atom is -0.357 e. The molecule has 182 valence electrons. The van der Waals surface area contributed by atoms with Gasteiger partial charge in [-0.1, -0.05) is 18.2 Å². The van der Waals surface area contributed by atoms with Gasteiger partial charge in [-0.2, -0.15) is 0 Å². The summed E-state index contributed by atoms with van der Waals surface area (Å²) in [6.07, 6.45) is 0.995. The van der Waals surface area contributed by atoms with Crippen molar-refractivity contribution >= 4 is 32.5 Å². The van der Waals surface area contributed by atoms with E-state index in [1.54, 1.807) is 25.2 Å². The van der Waals surface area contributed by atoms with E-state index in [0.29, 0.717) is 12.6 Å². The van der Waals surface area contributed by atoms with Gasteiger partial charge in [0.1, 0.15) is 5.67 Å². The standard InChI is InChI=1S/C16H21FN2.C11H13FN2S/c1-11-8-13-12-6-4-5-7-14(12)18-15(13)9-19(11)10-16(2,3)17;12-4-8-5-14(6-8)7-10-3-9-1-2-15-11(9)13-10/h4-7,11,18H,8-10H2,1-3H3;1-3,8,13H,4-7H2. The molecular formula is C27H34F2N4S. The molecule has 0 bridgehead atoms. The van der Waals surface area contributed by atoms with Gasteiger partial charge in [0, 0.05) is 72.4 Å². The van der Waals surface area contributed by atoms with Crippen molar-refractivity contribution in [1.82, 2.24) is 19.8 Å². The van der Waals surface area contributed by atoms with Crippen molar-refractivity contribution in [3.63, 3.8) is 0 Å². The number of halogens is 2. The van der Waals surface area contributed by atoms with E-state index in [1.165, 1.54) is 38.1 Å². The number of rotatable bonds is 5. The van der Waals surface area contributed by atoms with E-state index in [1.807, 2.05) is 0 Å². The van der Waals surface area contributed by atoms with Gasteiger partial charge >= 0.3 is 0 Å². The lowest BCUT2D eigenvalue weighted by molar-refractivity contribution is 0.0728. The van der Waals surface area contributed by atoms with E-state index in [-0.39, 0.29) is 12.6 Å². The number of fused-ring (bicyclic) bond motifs is 4. The third kappa shape index (κ3) is 5.07. The SMILES string of the molecule is CC1Cc2c([nH]c3ccccc23)CN1CC(C)(C)F.FCC1CN(Cc2cc3ccsc3[nH]2)C1. The number of hydrogen-bond donors (Lipinski definition) is 2. The number of likely N-dealkylation sites (tertiary alicyclic amines) is 1. The summed E-state index contributed by atoms with van der Waals surface area (Å²) in [6, 6.07) is 13.1. The lowest BCUT2D eigenvalue weighted by Gasteiger charge is -2.37. The third-order valence-electron chi connectivity index (χ3n) is 6.91. The molecule has 0 radical (unpaired) electrons. The van der Waals surface area contributed by atoms with Crippen LogP contribution in [0.5, 0.6) is 0 Å². The molecule has 6 rings (SSSR count). The second-order valence-electron chi connectivity index (χ2n) is 10.5. The summed E-state index contributed by atoms with van der Waals surface area (Å²) < 4.78 is 26.1. The van der Waals surface area contributed by atoms with Crippen molar-refractivity contribution in [3.05, 3.63) is 58.7 Å². The van der Waals surface area contributed by atoms with E-state index >= 15 is 0 Å². The number of aromatic amines is 2. The second kappa shape index (κ2) is 9.44. The van der Waals surface area contributed by atoms with Crippen LogP contribution < -0.4 is 0 Å². The van der Waals surface area contributed by atoms with Gasteiger partial charge in [-0.3, -0.25) is 14.2 Å². The molecule has 4 nitrogen and oxygen atoms in total. The Morgan fingerprint density at radius 2 is 1.94 bits per heavy atom. The number of nitrogens with one attached hydrogen (secondary N) is 2. The molecule has 34 heavy (non-hydrogen) atoms. The Balaban J connectivity index is 0.000000145. The van der Waals surface area contributed by atoms with E-state index < -0.39 is 5.67 Å². The fourth-order valence-electron chi connectivity index (χ4n) is 5.24. The molecule has 1 aromatic carbocycles. The van der Waals surface area contributed by atoms with Crippen LogP contribution in [0.3, 0.4) is 0 Å². The van der Waals surface area contributed by atoms with E-state index in [4.69, 9.17) is 0 Å². The van der Waals surface area contributed by atoms with Crippen molar-refractivity contribution < 1.29 is 8.78 Å². The van der Waals surface area contributed by atoms with Crippen LogP contribution in [0, 0.1) is 5.92 Å². The maximum atomic E-state index is 13.9. The van der Waals surface area contributed by atoms with Crippen molar-refractivity contribution in [2.45, 2.75) is 52.0 Å². The van der Waals surface area contributed by atoms with Crippen LogP contribution in [0.1, 0.15) is 37.7 Å². The lowest BCUT2D eigenvalue weighted by Crippen LogP contribution is -2.46. The smallest absolute Gasteiger partial charge is 0.118 e. The summed E-state index contributed by atoms with van der Waals surface area (Å²) in [5.41, 5.74) is 3.97. The second-order valence-corrected chi connectivity index (χ2v) is 11.4. The van der Waals surface area contributed by atoms with Gasteiger partial charge in [-0.15, -0.1) is 11.3 Å². The zero-order valence-corrected chi connectivity index (χ0v) is 21.0. The Hall–Kier alpha value is -2.22. The van der Waals surface area contributed by atoms with Crippen LogP contribution in [0.25, 0.3) is 21.1 Å². The summed E-state index contributed by atoms with van der Waals surface area (Å²) in [6.45, 7) is 9.37. The molecule has 2 aliphatic heterocycles. The first-order chi connectivity index (χ1) is 16.3. The lowest BCUT2D eigenvalue weighted by atomic mass is 9.96. The predicted octanol–water partition coefficient (Wildman–Crippen LogP) is 6.29. The van der Waals surface area contributed by atoms with E-state index in [9.17, 15) is 8.78 Å². The first-order valence-electron chi connectivity index (χ1n) is 12.1. The summed E-state index contributed by atoms with van der Waals surface area (Å²) in [7, 11) is 0. The van der Waals surface area contributed by atoms with Crippen LogP contribution in [0.2, 0.25) is 0 Å². The van der Waals surface area contributed by atoms with Crippen LogP contribution >= 0.6 is 11.3 Å². The Bertz CT molecular complexity index is 1220. The Morgan fingerprint density at radius 1 is 1.15 bits per heavy atom. The fraction of sp³-hybridized carbons (Fsp3) is 0.481. The molecule has 0 amide bonds. The van der Waals surface area contributed by atoms with Gasteiger partial charge in [-0.25, -0.2) is 4.39 Å². The maximum Gasteiger partial charge on any atom is 0.118 e. The minimum atomic E-state index is -1.14. The highest BCUT2D eigenvalue weighted by Gasteiger charge is 2.30. The molecule has 3 aromatic heterocycles. The van der Waals surface area contributed by atoms with Gasteiger partial charge in [-0.05, 0) is 56.3 Å². The van der Waals surface area contributed by atoms with Crippen LogP contribution in [0.15, 0.2) is 41.8 Å². The van der Waals surface area contributed by atoms with E-state index in [0.717, 1.165) is 32.6 Å². The topological polar surface area (TPSA) is 38.1 Å². The molecule has 1 fully saturated rings. The predicted molar refractivity (Wildman–Crippen MR) is 138 cm³/mol. The van der Waals surface area contributed by atoms with Crippen molar-refractivity contribution in [2.24, 2.45) is 5.92 Å². The summed E-state index contributed by atoms with van der Waals surface area (Å²) in [4.78, 5) is 12.6. The van der Waals surface area contributed by atoms with E-state index in [2.05, 4.69) is 68.5 Å². The normalized spacial score (nSPS) is 19.7. The van der Waals surface area contributed by atoms with Crippen LogP contribution in [0.4, 0.5) is 8.78 Å². The molecule has 1 unspecified atom stereocenters.